The average Bonchev–Trinajstić information content (AvgIpc) is 3.29. The van der Waals surface area contributed by atoms with Crippen molar-refractivity contribution in [1.82, 2.24) is 5.32 Å². The molecule has 0 spiro atoms. The molecule has 0 aromatic rings. The molecule has 0 aliphatic heterocycles. The van der Waals surface area contributed by atoms with Crippen molar-refractivity contribution < 1.29 is 32.9 Å². The molecule has 67 heavy (non-hydrogen) atoms. The Morgan fingerprint density at radius 2 is 0.925 bits per heavy atom. The number of hydrogen-bond donors (Lipinski definition) is 2. The summed E-state index contributed by atoms with van der Waals surface area (Å²) in [7, 11) is 1.23. The number of nitrogens with zero attached hydrogens (tertiary/aromatic N) is 1. The number of unbranched alkanes of at least 4 members (excludes halogenated alkanes) is 24. The molecule has 3 unspecified atom stereocenters. The topological polar surface area (TPSA) is 108 Å². The lowest BCUT2D eigenvalue weighted by Crippen LogP contribution is -2.45. The summed E-state index contributed by atoms with van der Waals surface area (Å²) in [6, 6.07) is -0.912. The Morgan fingerprint density at radius 3 is 1.39 bits per heavy atom. The number of phosphoric acid groups is 1. The zero-order chi connectivity index (χ0) is 49.2. The smallest absolute Gasteiger partial charge is 0.268 e. The van der Waals surface area contributed by atoms with Crippen LogP contribution in [0, 0.1) is 0 Å². The van der Waals surface area contributed by atoms with Gasteiger partial charge in [0.25, 0.3) is 7.82 Å². The second-order valence-corrected chi connectivity index (χ2v) is 20.9. The quantitative estimate of drug-likeness (QED) is 0.0272. The number of likely N-dealkylation sites (N-methyl/N-ethyl adjacent to an activating group) is 1. The standard InChI is InChI=1S/C58H105N2O6P/c1-6-8-10-12-14-16-18-20-22-23-24-25-26-27-28-29-30-31-32-33-34-35-36-37-38-40-42-44-46-48-50-52-58(62)59-56(55-66-67(63,64)65-54-53-60(3,4)5)57(61)51-49-47-45-43-41-39-21-19-17-15-13-11-9-7-2/h8,10,14,16-17,19-20,22,24-25,41,43,49,51,56-57,61H,6-7,9,11-13,15,18,21,23,26-40,42,44-48,50,52-55H2,1-5H3,(H-,59,62,63,64)/b10-8-,16-14-,19-17+,22-20-,25-24-,43-41+,51-49+. The number of carbonyl (C=O) groups excluding carboxylic acids is 1. The summed E-state index contributed by atoms with van der Waals surface area (Å²) in [6.45, 7) is 4.48. The van der Waals surface area contributed by atoms with Gasteiger partial charge in [0.1, 0.15) is 13.2 Å². The van der Waals surface area contributed by atoms with Crippen molar-refractivity contribution in [2.24, 2.45) is 0 Å². The van der Waals surface area contributed by atoms with Gasteiger partial charge in [-0.3, -0.25) is 9.36 Å². The molecule has 0 rings (SSSR count). The van der Waals surface area contributed by atoms with E-state index in [4.69, 9.17) is 9.05 Å². The molecule has 0 aliphatic carbocycles. The Morgan fingerprint density at radius 1 is 0.537 bits per heavy atom. The second-order valence-electron chi connectivity index (χ2n) is 19.5. The fourth-order valence-corrected chi connectivity index (χ4v) is 8.25. The molecule has 0 heterocycles. The van der Waals surface area contributed by atoms with E-state index in [9.17, 15) is 19.4 Å². The minimum Gasteiger partial charge on any atom is -0.756 e. The summed E-state index contributed by atoms with van der Waals surface area (Å²) < 4.78 is 23.3. The first-order chi connectivity index (χ1) is 32.5. The van der Waals surface area contributed by atoms with Crippen LogP contribution in [-0.4, -0.2) is 68.5 Å². The van der Waals surface area contributed by atoms with Crippen molar-refractivity contribution >= 4 is 13.7 Å². The average molecular weight is 957 g/mol. The van der Waals surface area contributed by atoms with Crippen molar-refractivity contribution in [2.45, 2.75) is 238 Å². The fraction of sp³-hybridized carbons (Fsp3) is 0.741. The van der Waals surface area contributed by atoms with E-state index in [-0.39, 0.29) is 12.5 Å². The maximum absolute atomic E-state index is 12.9. The van der Waals surface area contributed by atoms with E-state index in [1.807, 2.05) is 27.2 Å². The predicted octanol–water partition coefficient (Wildman–Crippen LogP) is 15.8. The first kappa shape index (κ1) is 64.7. The van der Waals surface area contributed by atoms with Crippen molar-refractivity contribution in [3.63, 3.8) is 0 Å². The number of amides is 1. The number of hydrogen-bond acceptors (Lipinski definition) is 6. The molecule has 2 N–H and O–H groups in total. The zero-order valence-corrected chi connectivity index (χ0v) is 45.0. The number of rotatable bonds is 49. The van der Waals surface area contributed by atoms with Gasteiger partial charge in [0.2, 0.25) is 5.91 Å². The maximum atomic E-state index is 12.9. The van der Waals surface area contributed by atoms with Crippen molar-refractivity contribution in [1.29, 1.82) is 0 Å². The number of phosphoric ester groups is 1. The van der Waals surface area contributed by atoms with Gasteiger partial charge in [-0.15, -0.1) is 0 Å². The molecule has 388 valence electrons. The Balaban J connectivity index is 4.13. The highest BCUT2D eigenvalue weighted by Crippen LogP contribution is 2.38. The van der Waals surface area contributed by atoms with Crippen LogP contribution in [0.15, 0.2) is 85.1 Å². The third-order valence-electron chi connectivity index (χ3n) is 11.8. The van der Waals surface area contributed by atoms with Gasteiger partial charge in [0.05, 0.1) is 39.9 Å². The lowest BCUT2D eigenvalue weighted by molar-refractivity contribution is -0.870. The highest BCUT2D eigenvalue weighted by atomic mass is 31.2. The van der Waals surface area contributed by atoms with Crippen molar-refractivity contribution in [2.75, 3.05) is 40.9 Å². The number of allylic oxidation sites excluding steroid dienone is 13. The Labute approximate surface area is 414 Å². The number of aliphatic hydroxyl groups is 1. The fourth-order valence-electron chi connectivity index (χ4n) is 7.53. The number of quaternary nitrogens is 1. The van der Waals surface area contributed by atoms with Gasteiger partial charge in [-0.1, -0.05) is 221 Å². The van der Waals surface area contributed by atoms with Gasteiger partial charge in [-0.25, -0.2) is 0 Å². The molecule has 0 bridgehead atoms. The normalized spacial score (nSPS) is 14.7. The molecule has 0 aromatic heterocycles. The third kappa shape index (κ3) is 51.4. The highest BCUT2D eigenvalue weighted by Gasteiger charge is 2.23. The Kier molecular flexibility index (Phi) is 47.0. The van der Waals surface area contributed by atoms with Crippen LogP contribution in [0.2, 0.25) is 0 Å². The van der Waals surface area contributed by atoms with Crippen LogP contribution in [-0.2, 0) is 18.4 Å². The van der Waals surface area contributed by atoms with Gasteiger partial charge >= 0.3 is 0 Å². The number of aliphatic hydroxyl groups excluding tert-OH is 1. The van der Waals surface area contributed by atoms with Crippen molar-refractivity contribution in [3.8, 4) is 0 Å². The van der Waals surface area contributed by atoms with Crippen LogP contribution in [0.5, 0.6) is 0 Å². The summed E-state index contributed by atoms with van der Waals surface area (Å²) in [5, 5.41) is 13.8. The second kappa shape index (κ2) is 48.7. The number of nitrogens with one attached hydrogen (secondary N) is 1. The summed E-state index contributed by atoms with van der Waals surface area (Å²) in [6.07, 6.45) is 68.1. The van der Waals surface area contributed by atoms with Crippen LogP contribution < -0.4 is 10.2 Å². The summed E-state index contributed by atoms with van der Waals surface area (Å²) in [4.78, 5) is 25.4. The van der Waals surface area contributed by atoms with E-state index in [1.165, 1.54) is 128 Å². The lowest BCUT2D eigenvalue weighted by Gasteiger charge is -2.29. The van der Waals surface area contributed by atoms with Gasteiger partial charge in [0, 0.05) is 6.42 Å². The van der Waals surface area contributed by atoms with E-state index in [2.05, 4.69) is 92.1 Å². The molecular weight excluding hydrogens is 852 g/mol. The van der Waals surface area contributed by atoms with Crippen LogP contribution in [0.25, 0.3) is 0 Å². The van der Waals surface area contributed by atoms with Gasteiger partial charge in [-0.2, -0.15) is 0 Å². The molecule has 0 saturated carbocycles. The van der Waals surface area contributed by atoms with Crippen LogP contribution in [0.1, 0.15) is 226 Å². The first-order valence-corrected chi connectivity index (χ1v) is 28.9. The molecule has 0 radical (unpaired) electrons. The van der Waals surface area contributed by atoms with E-state index in [0.29, 0.717) is 17.4 Å². The lowest BCUT2D eigenvalue weighted by atomic mass is 10.0. The summed E-state index contributed by atoms with van der Waals surface area (Å²) >= 11 is 0. The molecule has 8 nitrogen and oxygen atoms in total. The van der Waals surface area contributed by atoms with Gasteiger partial charge < -0.3 is 28.8 Å². The van der Waals surface area contributed by atoms with Gasteiger partial charge in [-0.05, 0) is 83.5 Å². The summed E-state index contributed by atoms with van der Waals surface area (Å²) in [5.41, 5.74) is 0. The Hall–Kier alpha value is -2.32. The van der Waals surface area contributed by atoms with Gasteiger partial charge in [0.15, 0.2) is 0 Å². The van der Waals surface area contributed by atoms with Crippen LogP contribution in [0.3, 0.4) is 0 Å². The molecule has 0 fully saturated rings. The molecule has 0 aromatic carbocycles. The highest BCUT2D eigenvalue weighted by molar-refractivity contribution is 7.45. The van der Waals surface area contributed by atoms with E-state index < -0.39 is 26.6 Å². The first-order valence-electron chi connectivity index (χ1n) is 27.4. The largest absolute Gasteiger partial charge is 0.756 e. The molecule has 0 saturated heterocycles. The van der Waals surface area contributed by atoms with E-state index >= 15 is 0 Å². The van der Waals surface area contributed by atoms with E-state index in [0.717, 1.165) is 77.0 Å². The summed E-state index contributed by atoms with van der Waals surface area (Å²) in [5.74, 6) is -0.213. The minimum absolute atomic E-state index is 0.0112. The predicted molar refractivity (Wildman–Crippen MR) is 288 cm³/mol. The Bertz CT molecular complexity index is 1360. The molecule has 9 heteroatoms. The van der Waals surface area contributed by atoms with Crippen LogP contribution >= 0.6 is 7.82 Å². The molecular formula is C58H105N2O6P. The molecule has 1 amide bonds. The minimum atomic E-state index is -4.61. The third-order valence-corrected chi connectivity index (χ3v) is 12.8. The van der Waals surface area contributed by atoms with Crippen LogP contribution in [0.4, 0.5) is 0 Å². The van der Waals surface area contributed by atoms with E-state index in [1.54, 1.807) is 6.08 Å². The number of carbonyl (C=O) groups is 1. The molecule has 3 atom stereocenters. The zero-order valence-electron chi connectivity index (χ0n) is 44.1. The van der Waals surface area contributed by atoms with Crippen molar-refractivity contribution in [3.05, 3.63) is 85.1 Å². The molecule has 0 aliphatic rings. The monoisotopic (exact) mass is 957 g/mol. The maximum Gasteiger partial charge on any atom is 0.268 e. The SMILES string of the molecule is CC/C=C\C/C=C\C/C=C\C/C=C\CCCCCCCCCCCCCCCCCCCCC(=O)NC(COP(=O)([O-])OCC[N+](C)(C)C)C(O)/C=C/CC/C=C/CC/C=C/CCCCCC.